The van der Waals surface area contributed by atoms with Crippen LogP contribution in [0.25, 0.3) is 0 Å². The SMILES string of the molecule is O=S(=O)(NCCO)c1ccc(N2CCCC2)cc1. The lowest BCUT2D eigenvalue weighted by atomic mass is 10.3. The fraction of sp³-hybridized carbons (Fsp3) is 0.500. The summed E-state index contributed by atoms with van der Waals surface area (Å²) in [6, 6.07) is 6.87. The molecule has 0 radical (unpaired) electrons. The van der Waals surface area contributed by atoms with E-state index in [4.69, 9.17) is 5.11 Å². The summed E-state index contributed by atoms with van der Waals surface area (Å²) in [6.07, 6.45) is 2.39. The molecule has 18 heavy (non-hydrogen) atoms. The average Bonchev–Trinajstić information content (AvgIpc) is 2.90. The summed E-state index contributed by atoms with van der Waals surface area (Å²) >= 11 is 0. The van der Waals surface area contributed by atoms with E-state index < -0.39 is 10.0 Å². The molecule has 0 spiro atoms. The molecule has 1 saturated heterocycles. The molecule has 0 atom stereocenters. The Kier molecular flexibility index (Phi) is 4.21. The Hall–Kier alpha value is -1.11. The minimum absolute atomic E-state index is 0.0379. The van der Waals surface area contributed by atoms with Crippen molar-refractivity contribution in [1.29, 1.82) is 0 Å². The first kappa shape index (κ1) is 13.3. The topological polar surface area (TPSA) is 69.6 Å². The van der Waals surface area contributed by atoms with Gasteiger partial charge < -0.3 is 10.0 Å². The Labute approximate surface area is 107 Å². The number of sulfonamides is 1. The van der Waals surface area contributed by atoms with Crippen LogP contribution >= 0.6 is 0 Å². The van der Waals surface area contributed by atoms with Gasteiger partial charge in [0.2, 0.25) is 10.0 Å². The monoisotopic (exact) mass is 270 g/mol. The molecule has 1 fully saturated rings. The first-order valence-electron chi connectivity index (χ1n) is 6.09. The zero-order chi connectivity index (χ0) is 13.0. The van der Waals surface area contributed by atoms with Crippen molar-refractivity contribution >= 4 is 15.7 Å². The van der Waals surface area contributed by atoms with Crippen LogP contribution in [0, 0.1) is 0 Å². The molecule has 100 valence electrons. The molecule has 0 bridgehead atoms. The van der Waals surface area contributed by atoms with Crippen molar-refractivity contribution in [3.63, 3.8) is 0 Å². The lowest BCUT2D eigenvalue weighted by Crippen LogP contribution is -2.26. The summed E-state index contributed by atoms with van der Waals surface area (Å²) in [5, 5.41) is 8.63. The van der Waals surface area contributed by atoms with Gasteiger partial charge in [-0.15, -0.1) is 0 Å². The zero-order valence-electron chi connectivity index (χ0n) is 10.2. The van der Waals surface area contributed by atoms with Gasteiger partial charge in [-0.1, -0.05) is 0 Å². The molecule has 0 amide bonds. The van der Waals surface area contributed by atoms with Crippen molar-refractivity contribution in [2.45, 2.75) is 17.7 Å². The van der Waals surface area contributed by atoms with Gasteiger partial charge in [0.1, 0.15) is 0 Å². The second-order valence-electron chi connectivity index (χ2n) is 4.31. The standard InChI is InChI=1S/C12H18N2O3S/c15-10-7-13-18(16,17)12-5-3-11(4-6-12)14-8-1-2-9-14/h3-6,13,15H,1-2,7-10H2. The van der Waals surface area contributed by atoms with Crippen LogP contribution < -0.4 is 9.62 Å². The van der Waals surface area contributed by atoms with Crippen LogP contribution in [0.4, 0.5) is 5.69 Å². The summed E-state index contributed by atoms with van der Waals surface area (Å²) < 4.78 is 25.9. The minimum atomic E-state index is -3.49. The van der Waals surface area contributed by atoms with Crippen molar-refractivity contribution in [2.24, 2.45) is 0 Å². The van der Waals surface area contributed by atoms with Gasteiger partial charge in [-0.2, -0.15) is 0 Å². The summed E-state index contributed by atoms with van der Waals surface area (Å²) in [6.45, 7) is 1.91. The minimum Gasteiger partial charge on any atom is -0.395 e. The maximum atomic E-state index is 11.8. The van der Waals surface area contributed by atoms with Crippen LogP contribution in [0.1, 0.15) is 12.8 Å². The summed E-state index contributed by atoms with van der Waals surface area (Å²) in [4.78, 5) is 2.48. The van der Waals surface area contributed by atoms with Crippen LogP contribution in [0.15, 0.2) is 29.2 Å². The number of nitrogens with zero attached hydrogens (tertiary/aromatic N) is 1. The van der Waals surface area contributed by atoms with Crippen molar-refractivity contribution < 1.29 is 13.5 Å². The molecule has 0 aliphatic carbocycles. The molecule has 2 N–H and O–H groups in total. The lowest BCUT2D eigenvalue weighted by molar-refractivity contribution is 0.301. The third-order valence-corrected chi connectivity index (χ3v) is 4.50. The van der Waals surface area contributed by atoms with Gasteiger partial charge in [0.05, 0.1) is 11.5 Å². The highest BCUT2D eigenvalue weighted by molar-refractivity contribution is 7.89. The number of rotatable bonds is 5. The highest BCUT2D eigenvalue weighted by atomic mass is 32.2. The van der Waals surface area contributed by atoms with Crippen LogP contribution in [0.2, 0.25) is 0 Å². The molecular formula is C12H18N2O3S. The molecular weight excluding hydrogens is 252 g/mol. The number of nitrogens with one attached hydrogen (secondary N) is 1. The van der Waals surface area contributed by atoms with Gasteiger partial charge in [-0.05, 0) is 37.1 Å². The van der Waals surface area contributed by atoms with Crippen LogP contribution in [-0.4, -0.2) is 39.8 Å². The molecule has 0 unspecified atom stereocenters. The van der Waals surface area contributed by atoms with Crippen molar-refractivity contribution in [2.75, 3.05) is 31.1 Å². The Balaban J connectivity index is 2.11. The van der Waals surface area contributed by atoms with E-state index in [2.05, 4.69) is 9.62 Å². The maximum Gasteiger partial charge on any atom is 0.240 e. The number of aliphatic hydroxyl groups excluding tert-OH is 1. The first-order valence-corrected chi connectivity index (χ1v) is 7.57. The summed E-state index contributed by atoms with van der Waals surface area (Å²) in [5.41, 5.74) is 1.06. The van der Waals surface area contributed by atoms with E-state index in [9.17, 15) is 8.42 Å². The van der Waals surface area contributed by atoms with Gasteiger partial charge in [0.15, 0.2) is 0 Å². The molecule has 1 aromatic rings. The van der Waals surface area contributed by atoms with E-state index in [-0.39, 0.29) is 18.0 Å². The van der Waals surface area contributed by atoms with Crippen LogP contribution in [0.5, 0.6) is 0 Å². The zero-order valence-corrected chi connectivity index (χ0v) is 11.0. The second-order valence-corrected chi connectivity index (χ2v) is 6.08. The Morgan fingerprint density at radius 2 is 1.78 bits per heavy atom. The van der Waals surface area contributed by atoms with Crippen molar-refractivity contribution in [1.82, 2.24) is 4.72 Å². The molecule has 1 aliphatic heterocycles. The predicted octanol–water partition coefficient (Wildman–Crippen LogP) is 0.557. The number of hydrogen-bond acceptors (Lipinski definition) is 4. The van der Waals surface area contributed by atoms with Gasteiger partial charge in [0.25, 0.3) is 0 Å². The highest BCUT2D eigenvalue weighted by Gasteiger charge is 2.15. The smallest absolute Gasteiger partial charge is 0.240 e. The first-order chi connectivity index (χ1) is 8.63. The van der Waals surface area contributed by atoms with Crippen LogP contribution in [-0.2, 0) is 10.0 Å². The predicted molar refractivity (Wildman–Crippen MR) is 70.2 cm³/mol. The largest absolute Gasteiger partial charge is 0.395 e. The van der Waals surface area contributed by atoms with E-state index in [1.54, 1.807) is 12.1 Å². The second kappa shape index (κ2) is 5.69. The quantitative estimate of drug-likeness (QED) is 0.820. The molecule has 0 aromatic heterocycles. The number of aliphatic hydroxyl groups is 1. The molecule has 0 saturated carbocycles. The highest BCUT2D eigenvalue weighted by Crippen LogP contribution is 2.21. The van der Waals surface area contributed by atoms with E-state index in [0.717, 1.165) is 18.8 Å². The molecule has 2 rings (SSSR count). The third-order valence-electron chi connectivity index (χ3n) is 3.02. The van der Waals surface area contributed by atoms with Gasteiger partial charge >= 0.3 is 0 Å². The van der Waals surface area contributed by atoms with Gasteiger partial charge in [-0.25, -0.2) is 13.1 Å². The normalized spacial score (nSPS) is 16.2. The Morgan fingerprint density at radius 1 is 1.17 bits per heavy atom. The third kappa shape index (κ3) is 3.01. The maximum absolute atomic E-state index is 11.8. The summed E-state index contributed by atoms with van der Waals surface area (Å²) in [7, 11) is -3.49. The fourth-order valence-electron chi connectivity index (χ4n) is 2.07. The Morgan fingerprint density at radius 3 is 2.33 bits per heavy atom. The number of hydrogen-bond donors (Lipinski definition) is 2. The van der Waals surface area contributed by atoms with Crippen LogP contribution in [0.3, 0.4) is 0 Å². The molecule has 1 aromatic carbocycles. The fourth-order valence-corrected chi connectivity index (χ4v) is 3.10. The van der Waals surface area contributed by atoms with E-state index in [1.807, 2.05) is 12.1 Å². The molecule has 5 nitrogen and oxygen atoms in total. The average molecular weight is 270 g/mol. The molecule has 1 aliphatic rings. The molecule has 6 heteroatoms. The lowest BCUT2D eigenvalue weighted by Gasteiger charge is -2.17. The summed E-state index contributed by atoms with van der Waals surface area (Å²) in [5.74, 6) is 0. The number of benzene rings is 1. The van der Waals surface area contributed by atoms with Gasteiger partial charge in [-0.3, -0.25) is 0 Å². The van der Waals surface area contributed by atoms with E-state index >= 15 is 0 Å². The van der Waals surface area contributed by atoms with Crippen molar-refractivity contribution in [3.8, 4) is 0 Å². The number of anilines is 1. The van der Waals surface area contributed by atoms with E-state index in [0.29, 0.717) is 0 Å². The molecule has 1 heterocycles. The Bertz CT molecular complexity index is 479. The van der Waals surface area contributed by atoms with Gasteiger partial charge in [0, 0.05) is 25.3 Å². The van der Waals surface area contributed by atoms with E-state index in [1.165, 1.54) is 12.8 Å². The van der Waals surface area contributed by atoms with Crippen molar-refractivity contribution in [3.05, 3.63) is 24.3 Å².